The summed E-state index contributed by atoms with van der Waals surface area (Å²) in [6.45, 7) is 1.88. The molecule has 0 heterocycles. The Hall–Kier alpha value is -1.99. The van der Waals surface area contributed by atoms with Crippen LogP contribution in [-0.4, -0.2) is 28.4 Å². The molecule has 0 aromatic heterocycles. The largest absolute Gasteiger partial charge is 0.482 e. The third-order valence-corrected chi connectivity index (χ3v) is 7.45. The average Bonchev–Trinajstić information content (AvgIpc) is 2.91. The molecule has 1 unspecified atom stereocenters. The zero-order valence-corrected chi connectivity index (χ0v) is 15.2. The molecule has 0 bridgehead atoms. The minimum atomic E-state index is -0.961. The van der Waals surface area contributed by atoms with Crippen LogP contribution in [0.25, 0.3) is 0 Å². The first kappa shape index (κ1) is 17.4. The van der Waals surface area contributed by atoms with Gasteiger partial charge in [0.25, 0.3) is 0 Å². The number of hydrogen-bond acceptors (Lipinski definition) is 3. The van der Waals surface area contributed by atoms with Gasteiger partial charge in [0.2, 0.25) is 0 Å². The molecule has 1 aromatic rings. The van der Waals surface area contributed by atoms with Crippen LogP contribution >= 0.6 is 0 Å². The predicted octanol–water partition coefficient (Wildman–Crippen LogP) is 3.37. The summed E-state index contributed by atoms with van der Waals surface area (Å²) in [6.07, 6.45) is 11.5. The predicted molar refractivity (Wildman–Crippen MR) is 98.0 cm³/mol. The quantitative estimate of drug-likeness (QED) is 0.817. The molecule has 0 amide bonds. The Morgan fingerprint density at radius 1 is 1.35 bits per heavy atom. The van der Waals surface area contributed by atoms with E-state index in [0.717, 1.165) is 32.1 Å². The van der Waals surface area contributed by atoms with Crippen LogP contribution in [0.3, 0.4) is 0 Å². The number of carboxylic acid groups (broad SMARTS) is 1. The Morgan fingerprint density at radius 3 is 2.88 bits per heavy atom. The van der Waals surface area contributed by atoms with Gasteiger partial charge in [0.05, 0.1) is 0 Å². The number of aliphatic carboxylic acids is 1. The van der Waals surface area contributed by atoms with Crippen molar-refractivity contribution in [1.82, 2.24) is 0 Å². The van der Waals surface area contributed by atoms with E-state index in [1.807, 2.05) is 12.1 Å². The molecule has 5 atom stereocenters. The molecule has 4 rings (SSSR count). The highest BCUT2D eigenvalue weighted by Crippen LogP contribution is 2.64. The van der Waals surface area contributed by atoms with Gasteiger partial charge < -0.3 is 14.9 Å². The fraction of sp³-hybridized carbons (Fsp3) is 0.591. The first-order valence-electron chi connectivity index (χ1n) is 9.55. The summed E-state index contributed by atoms with van der Waals surface area (Å²) in [4.78, 5) is 10.7. The third-order valence-electron chi connectivity index (χ3n) is 7.45. The molecule has 2 N–H and O–H groups in total. The Bertz CT molecular complexity index is 779. The fourth-order valence-corrected chi connectivity index (χ4v) is 6.05. The highest BCUT2D eigenvalue weighted by Gasteiger charge is 2.61. The summed E-state index contributed by atoms with van der Waals surface area (Å²) < 4.78 is 5.34. The second kappa shape index (κ2) is 6.03. The smallest absolute Gasteiger partial charge is 0.341 e. The molecule has 0 saturated heterocycles. The number of aliphatic hydroxyl groups is 1. The maximum atomic E-state index is 11.0. The highest BCUT2D eigenvalue weighted by molar-refractivity contribution is 5.68. The lowest BCUT2D eigenvalue weighted by molar-refractivity contribution is -0.139. The van der Waals surface area contributed by atoms with Gasteiger partial charge >= 0.3 is 5.97 Å². The van der Waals surface area contributed by atoms with Crippen LogP contribution in [0.1, 0.15) is 56.1 Å². The van der Waals surface area contributed by atoms with Crippen molar-refractivity contribution in [2.45, 2.75) is 57.0 Å². The van der Waals surface area contributed by atoms with Gasteiger partial charge in [0.1, 0.15) is 11.4 Å². The molecule has 0 radical (unpaired) electrons. The molecule has 0 aliphatic heterocycles. The van der Waals surface area contributed by atoms with Crippen molar-refractivity contribution in [3.8, 4) is 18.1 Å². The molecule has 2 fully saturated rings. The topological polar surface area (TPSA) is 66.8 Å². The monoisotopic (exact) mass is 354 g/mol. The minimum Gasteiger partial charge on any atom is -0.482 e. The van der Waals surface area contributed by atoms with E-state index in [1.165, 1.54) is 11.1 Å². The summed E-state index contributed by atoms with van der Waals surface area (Å²) in [7, 11) is 0. The molecule has 1 aromatic carbocycles. The van der Waals surface area contributed by atoms with Crippen LogP contribution in [-0.2, 0) is 11.2 Å². The molecule has 138 valence electrons. The van der Waals surface area contributed by atoms with Crippen molar-refractivity contribution in [3.63, 3.8) is 0 Å². The number of fused-ring (bicyclic) bond motifs is 5. The van der Waals surface area contributed by atoms with Gasteiger partial charge in [0.15, 0.2) is 6.61 Å². The van der Waals surface area contributed by atoms with Crippen LogP contribution < -0.4 is 4.74 Å². The van der Waals surface area contributed by atoms with Gasteiger partial charge in [-0.05, 0) is 79.5 Å². The SMILES string of the molecule is C#C[C@]1(O)CC[C@H]2[C@@H]3CCc4cc(OCC(=O)O)ccc4[C@H]3CCC21C. The number of benzene rings is 1. The number of carbonyl (C=O) groups is 1. The number of aryl methyl sites for hydroxylation is 1. The van der Waals surface area contributed by atoms with E-state index in [-0.39, 0.29) is 12.0 Å². The number of carboxylic acids is 1. The zero-order valence-electron chi connectivity index (χ0n) is 15.2. The summed E-state index contributed by atoms with van der Waals surface area (Å²) >= 11 is 0. The number of hydrogen-bond donors (Lipinski definition) is 2. The standard InChI is InChI=1S/C22H26O4/c1-3-22(25)11-9-19-18-6-4-14-12-15(26-13-20(23)24)5-7-16(14)17(18)8-10-21(19,22)2/h1,5,7,12,17-19,25H,4,6,8-11,13H2,2H3,(H,23,24)/t17-,18-,19+,21?,22+/m1/s1. The third kappa shape index (κ3) is 2.45. The van der Waals surface area contributed by atoms with Gasteiger partial charge in [-0.2, -0.15) is 0 Å². The lowest BCUT2D eigenvalue weighted by Gasteiger charge is -2.52. The van der Waals surface area contributed by atoms with E-state index in [1.54, 1.807) is 0 Å². The number of ether oxygens (including phenoxy) is 1. The van der Waals surface area contributed by atoms with Crippen molar-refractivity contribution in [2.24, 2.45) is 17.3 Å². The summed E-state index contributed by atoms with van der Waals surface area (Å²) in [5, 5.41) is 19.8. The van der Waals surface area contributed by atoms with Crippen molar-refractivity contribution in [3.05, 3.63) is 29.3 Å². The van der Waals surface area contributed by atoms with Crippen LogP contribution in [0, 0.1) is 29.6 Å². The van der Waals surface area contributed by atoms with Crippen LogP contribution in [0.4, 0.5) is 0 Å². The highest BCUT2D eigenvalue weighted by atomic mass is 16.5. The van der Waals surface area contributed by atoms with E-state index in [2.05, 4.69) is 18.9 Å². The molecule has 2 saturated carbocycles. The maximum absolute atomic E-state index is 11.0. The lowest BCUT2D eigenvalue weighted by Crippen LogP contribution is -2.50. The Labute approximate surface area is 154 Å². The van der Waals surface area contributed by atoms with Crippen LogP contribution in [0.2, 0.25) is 0 Å². The van der Waals surface area contributed by atoms with Gasteiger partial charge in [-0.25, -0.2) is 4.79 Å². The van der Waals surface area contributed by atoms with E-state index in [4.69, 9.17) is 16.3 Å². The summed E-state index contributed by atoms with van der Waals surface area (Å²) in [5.74, 6) is 3.93. The van der Waals surface area contributed by atoms with Crippen molar-refractivity contribution < 1.29 is 19.7 Å². The maximum Gasteiger partial charge on any atom is 0.341 e. The average molecular weight is 354 g/mol. The van der Waals surface area contributed by atoms with E-state index >= 15 is 0 Å². The Morgan fingerprint density at radius 2 is 2.15 bits per heavy atom. The van der Waals surface area contributed by atoms with Crippen LogP contribution in [0.15, 0.2) is 18.2 Å². The van der Waals surface area contributed by atoms with Crippen molar-refractivity contribution in [2.75, 3.05) is 6.61 Å². The van der Waals surface area contributed by atoms with E-state index < -0.39 is 11.6 Å². The molecule has 3 aliphatic rings. The van der Waals surface area contributed by atoms with Crippen LogP contribution in [0.5, 0.6) is 5.75 Å². The molecule has 26 heavy (non-hydrogen) atoms. The second-order valence-corrected chi connectivity index (χ2v) is 8.46. The first-order valence-corrected chi connectivity index (χ1v) is 9.55. The Balaban J connectivity index is 1.60. The molecule has 4 nitrogen and oxygen atoms in total. The second-order valence-electron chi connectivity index (χ2n) is 8.46. The van der Waals surface area contributed by atoms with Gasteiger partial charge in [-0.1, -0.05) is 18.9 Å². The first-order chi connectivity index (χ1) is 12.4. The summed E-state index contributed by atoms with van der Waals surface area (Å²) in [5.41, 5.74) is 1.52. The molecule has 4 heteroatoms. The molecular weight excluding hydrogens is 328 g/mol. The van der Waals surface area contributed by atoms with Crippen molar-refractivity contribution >= 4 is 5.97 Å². The van der Waals surface area contributed by atoms with Gasteiger partial charge in [-0.15, -0.1) is 6.42 Å². The van der Waals surface area contributed by atoms with E-state index in [9.17, 15) is 9.90 Å². The van der Waals surface area contributed by atoms with Crippen molar-refractivity contribution in [1.29, 1.82) is 0 Å². The molecule has 0 spiro atoms. The minimum absolute atomic E-state index is 0.176. The lowest BCUT2D eigenvalue weighted by atomic mass is 9.53. The van der Waals surface area contributed by atoms with Gasteiger partial charge in [0, 0.05) is 5.41 Å². The normalized spacial score (nSPS) is 37.8. The van der Waals surface area contributed by atoms with E-state index in [0.29, 0.717) is 29.9 Å². The molecule has 3 aliphatic carbocycles. The number of terminal acetylenes is 1. The molecular formula is C22H26O4. The Kier molecular flexibility index (Phi) is 4.04. The zero-order chi connectivity index (χ0) is 18.5. The van der Waals surface area contributed by atoms with Gasteiger partial charge in [-0.3, -0.25) is 0 Å². The summed E-state index contributed by atoms with van der Waals surface area (Å²) in [6, 6.07) is 6.02. The number of rotatable bonds is 3. The fourth-order valence-electron chi connectivity index (χ4n) is 6.05.